The van der Waals surface area contributed by atoms with Crippen molar-refractivity contribution in [1.82, 2.24) is 30.3 Å². The van der Waals surface area contributed by atoms with Crippen LogP contribution in [0.5, 0.6) is 5.75 Å². The molecule has 9 nitrogen and oxygen atoms in total. The van der Waals surface area contributed by atoms with Crippen molar-refractivity contribution in [3.63, 3.8) is 0 Å². The van der Waals surface area contributed by atoms with Crippen LogP contribution in [0, 0.1) is 12.7 Å². The van der Waals surface area contributed by atoms with Gasteiger partial charge in [-0.1, -0.05) is 18.7 Å². The number of aromatic nitrogens is 3. The lowest BCUT2D eigenvalue weighted by Gasteiger charge is -2.40. The van der Waals surface area contributed by atoms with Crippen LogP contribution in [0.25, 0.3) is 0 Å². The number of piperazine rings is 1. The molecule has 2 atom stereocenters. The summed E-state index contributed by atoms with van der Waals surface area (Å²) in [5.41, 5.74) is 1.75. The number of amides is 2. The van der Waals surface area contributed by atoms with Crippen molar-refractivity contribution >= 4 is 11.8 Å². The lowest BCUT2D eigenvalue weighted by atomic mass is 10.0. The highest BCUT2D eigenvalue weighted by molar-refractivity contribution is 5.94. The highest BCUT2D eigenvalue weighted by Gasteiger charge is 2.28. The second kappa shape index (κ2) is 11.8. The van der Waals surface area contributed by atoms with Crippen LogP contribution in [0.2, 0.25) is 0 Å². The molecule has 1 aliphatic heterocycles. The lowest BCUT2D eigenvalue weighted by Crippen LogP contribution is -2.54. The first-order chi connectivity index (χ1) is 17.8. The molecule has 3 aromatic rings. The normalized spacial score (nSPS) is 16.7. The minimum atomic E-state index is -0.449. The molecule has 194 valence electrons. The van der Waals surface area contributed by atoms with Crippen LogP contribution in [0.15, 0.2) is 61.4 Å². The molecule has 0 bridgehead atoms. The number of rotatable bonds is 9. The fourth-order valence-electron chi connectivity index (χ4n) is 4.33. The predicted molar refractivity (Wildman–Crippen MR) is 136 cm³/mol. The Morgan fingerprint density at radius 3 is 2.70 bits per heavy atom. The first-order valence-corrected chi connectivity index (χ1v) is 12.1. The number of benzene rings is 2. The number of carbonyl (C=O) groups is 2. The fourth-order valence-corrected chi connectivity index (χ4v) is 4.33. The summed E-state index contributed by atoms with van der Waals surface area (Å²) in [6.07, 6.45) is 2.27. The van der Waals surface area contributed by atoms with Crippen LogP contribution in [0.3, 0.4) is 0 Å². The van der Waals surface area contributed by atoms with Crippen molar-refractivity contribution in [1.29, 1.82) is 0 Å². The van der Waals surface area contributed by atoms with E-state index in [1.54, 1.807) is 42.2 Å². The zero-order chi connectivity index (χ0) is 26.4. The molecule has 0 spiro atoms. The first kappa shape index (κ1) is 26.0. The maximum atomic E-state index is 14.4. The number of hydrogen-bond donors (Lipinski definition) is 2. The summed E-state index contributed by atoms with van der Waals surface area (Å²) in [4.78, 5) is 32.6. The van der Waals surface area contributed by atoms with Gasteiger partial charge in [0.1, 0.15) is 29.8 Å². The molecule has 2 heterocycles. The molecule has 2 N–H and O–H groups in total. The van der Waals surface area contributed by atoms with E-state index in [0.29, 0.717) is 54.4 Å². The smallest absolute Gasteiger partial charge is 0.251 e. The zero-order valence-corrected chi connectivity index (χ0v) is 21.0. The van der Waals surface area contributed by atoms with Crippen molar-refractivity contribution in [2.24, 2.45) is 0 Å². The van der Waals surface area contributed by atoms with E-state index in [-0.39, 0.29) is 30.2 Å². The Bertz CT molecular complexity index is 1230. The van der Waals surface area contributed by atoms with Gasteiger partial charge in [0, 0.05) is 37.8 Å². The largest absolute Gasteiger partial charge is 0.484 e. The predicted octanol–water partition coefficient (Wildman–Crippen LogP) is 3.02. The van der Waals surface area contributed by atoms with Gasteiger partial charge in [-0.25, -0.2) is 9.37 Å². The summed E-state index contributed by atoms with van der Waals surface area (Å²) in [6.45, 7) is 9.98. The molecule has 37 heavy (non-hydrogen) atoms. The third-order valence-electron chi connectivity index (χ3n) is 6.44. The Hall–Kier alpha value is -4.05. The van der Waals surface area contributed by atoms with Crippen LogP contribution in [-0.4, -0.2) is 69.0 Å². The van der Waals surface area contributed by atoms with E-state index in [0.717, 1.165) is 0 Å². The number of nitrogens with zero attached hydrogens (tertiary/aromatic N) is 4. The van der Waals surface area contributed by atoms with Crippen LogP contribution >= 0.6 is 0 Å². The molecule has 0 aliphatic carbocycles. The maximum Gasteiger partial charge on any atom is 0.251 e. The summed E-state index contributed by atoms with van der Waals surface area (Å²) in [7, 11) is 0. The molecule has 1 aliphatic rings. The van der Waals surface area contributed by atoms with Gasteiger partial charge in [0.15, 0.2) is 0 Å². The minimum absolute atomic E-state index is 0.0180. The Balaban J connectivity index is 1.45. The Morgan fingerprint density at radius 1 is 1.27 bits per heavy atom. The van der Waals surface area contributed by atoms with Crippen molar-refractivity contribution in [2.75, 3.05) is 26.2 Å². The Morgan fingerprint density at radius 2 is 2.05 bits per heavy atom. The summed E-state index contributed by atoms with van der Waals surface area (Å²) in [5, 5.41) is 9.23. The lowest BCUT2D eigenvalue weighted by molar-refractivity contribution is -0.130. The molecular weight excluding hydrogens is 475 g/mol. The van der Waals surface area contributed by atoms with E-state index in [4.69, 9.17) is 4.74 Å². The van der Waals surface area contributed by atoms with E-state index in [2.05, 4.69) is 32.0 Å². The first-order valence-electron chi connectivity index (χ1n) is 12.1. The second-order valence-electron chi connectivity index (χ2n) is 9.10. The average Bonchev–Trinajstić information content (AvgIpc) is 3.42. The zero-order valence-electron chi connectivity index (χ0n) is 21.0. The molecule has 1 fully saturated rings. The van der Waals surface area contributed by atoms with Gasteiger partial charge in [-0.05, 0) is 61.4 Å². The molecule has 4 rings (SSSR count). The summed E-state index contributed by atoms with van der Waals surface area (Å²) < 4.78 is 20.8. The molecule has 10 heteroatoms. The van der Waals surface area contributed by atoms with Crippen molar-refractivity contribution in [2.45, 2.75) is 32.5 Å². The summed E-state index contributed by atoms with van der Waals surface area (Å²) in [6, 6.07) is 11.9. The standard InChI is InChI=1S/C27H31FN6O3/c1-4-26(35)34-12-11-33(15-19(34)3)16-24(21-6-5-18(2)23(28)13-21)37-22-9-7-20(8-10-22)27(36)29-14-25-30-17-31-32-25/h4-10,13,17,19,24H,1,11-12,14-16H2,2-3H3,(H,29,36)(H,30,31,32)/t19-,24+/m1/s1. The molecule has 2 amide bonds. The molecule has 1 saturated heterocycles. The highest BCUT2D eigenvalue weighted by atomic mass is 19.1. The van der Waals surface area contributed by atoms with E-state index >= 15 is 0 Å². The molecular formula is C27H31FN6O3. The van der Waals surface area contributed by atoms with Crippen molar-refractivity contribution in [3.8, 4) is 5.75 Å². The van der Waals surface area contributed by atoms with Gasteiger partial charge in [-0.2, -0.15) is 5.10 Å². The number of aromatic amines is 1. The Kier molecular flexibility index (Phi) is 8.29. The number of nitrogens with one attached hydrogen (secondary N) is 2. The maximum absolute atomic E-state index is 14.4. The summed E-state index contributed by atoms with van der Waals surface area (Å²) >= 11 is 0. The van der Waals surface area contributed by atoms with Gasteiger partial charge in [-0.15, -0.1) is 0 Å². The highest BCUT2D eigenvalue weighted by Crippen LogP contribution is 2.26. The van der Waals surface area contributed by atoms with Crippen LogP contribution in [0.4, 0.5) is 4.39 Å². The van der Waals surface area contributed by atoms with Crippen molar-refractivity contribution in [3.05, 3.63) is 89.8 Å². The third kappa shape index (κ3) is 6.59. The van der Waals surface area contributed by atoms with Gasteiger partial charge in [0.25, 0.3) is 5.91 Å². The number of ether oxygens (including phenoxy) is 1. The fraction of sp³-hybridized carbons (Fsp3) is 0.333. The molecule has 0 radical (unpaired) electrons. The molecule has 1 aromatic heterocycles. The van der Waals surface area contributed by atoms with Gasteiger partial charge in [0.05, 0.1) is 6.54 Å². The number of hydrogen-bond acceptors (Lipinski definition) is 6. The van der Waals surface area contributed by atoms with Crippen LogP contribution in [0.1, 0.15) is 40.3 Å². The molecule has 0 unspecified atom stereocenters. The number of halogens is 1. The van der Waals surface area contributed by atoms with Gasteiger partial charge >= 0.3 is 0 Å². The van der Waals surface area contributed by atoms with Crippen molar-refractivity contribution < 1.29 is 18.7 Å². The van der Waals surface area contributed by atoms with E-state index in [9.17, 15) is 14.0 Å². The summed E-state index contributed by atoms with van der Waals surface area (Å²) in [5.74, 6) is 0.503. The van der Waals surface area contributed by atoms with E-state index < -0.39 is 6.10 Å². The quantitative estimate of drug-likeness (QED) is 0.433. The SMILES string of the molecule is C=CC(=O)N1CCN(C[C@H](Oc2ccc(C(=O)NCc3ncn[nH]3)cc2)c2ccc(C)c(F)c2)C[C@H]1C. The topological polar surface area (TPSA) is 103 Å². The number of carbonyl (C=O) groups excluding carboxylic acids is 2. The van der Waals surface area contributed by atoms with Crippen LogP contribution in [-0.2, 0) is 11.3 Å². The average molecular weight is 507 g/mol. The van der Waals surface area contributed by atoms with Crippen LogP contribution < -0.4 is 10.1 Å². The van der Waals surface area contributed by atoms with Gasteiger partial charge in [-0.3, -0.25) is 19.6 Å². The molecule has 0 saturated carbocycles. The minimum Gasteiger partial charge on any atom is -0.484 e. The Labute approximate surface area is 215 Å². The van der Waals surface area contributed by atoms with Gasteiger partial charge in [0.2, 0.25) is 5.91 Å². The van der Waals surface area contributed by atoms with Gasteiger partial charge < -0.3 is 15.0 Å². The van der Waals surface area contributed by atoms with E-state index in [1.807, 2.05) is 13.0 Å². The monoisotopic (exact) mass is 506 g/mol. The number of H-pyrrole nitrogens is 1. The molecule has 2 aromatic carbocycles. The number of aryl methyl sites for hydroxylation is 1. The second-order valence-corrected chi connectivity index (χ2v) is 9.10. The third-order valence-corrected chi connectivity index (χ3v) is 6.44. The van der Waals surface area contributed by atoms with E-state index in [1.165, 1.54) is 18.5 Å².